The van der Waals surface area contributed by atoms with E-state index in [4.69, 9.17) is 9.15 Å². The SMILES string of the molecule is C=CCC1CCCC(OCc2nc(-c3cccc(C)c3)oc2C)C1. The van der Waals surface area contributed by atoms with E-state index in [1.165, 1.54) is 18.4 Å². The number of benzene rings is 1. The molecule has 1 aromatic heterocycles. The molecule has 0 N–H and O–H groups in total. The van der Waals surface area contributed by atoms with Crippen molar-refractivity contribution in [1.29, 1.82) is 0 Å². The smallest absolute Gasteiger partial charge is 0.226 e. The molecule has 0 spiro atoms. The van der Waals surface area contributed by atoms with Gasteiger partial charge in [0.1, 0.15) is 11.5 Å². The Morgan fingerprint density at radius 2 is 2.21 bits per heavy atom. The van der Waals surface area contributed by atoms with Crippen molar-refractivity contribution >= 4 is 0 Å². The van der Waals surface area contributed by atoms with E-state index < -0.39 is 0 Å². The Morgan fingerprint density at radius 3 is 3.00 bits per heavy atom. The monoisotopic (exact) mass is 325 g/mol. The summed E-state index contributed by atoms with van der Waals surface area (Å²) in [6.45, 7) is 8.43. The van der Waals surface area contributed by atoms with Gasteiger partial charge in [0.05, 0.1) is 12.7 Å². The van der Waals surface area contributed by atoms with Crippen LogP contribution in [0.4, 0.5) is 0 Å². The van der Waals surface area contributed by atoms with Gasteiger partial charge in [-0.3, -0.25) is 0 Å². The maximum atomic E-state index is 6.14. The first-order chi connectivity index (χ1) is 11.7. The van der Waals surface area contributed by atoms with Gasteiger partial charge in [0.15, 0.2) is 0 Å². The minimum atomic E-state index is 0.335. The first kappa shape index (κ1) is 17.0. The zero-order chi connectivity index (χ0) is 16.9. The third kappa shape index (κ3) is 4.15. The summed E-state index contributed by atoms with van der Waals surface area (Å²) in [5, 5.41) is 0. The van der Waals surface area contributed by atoms with Crippen LogP contribution in [0.1, 0.15) is 49.1 Å². The molecule has 3 heteroatoms. The fourth-order valence-corrected chi connectivity index (χ4v) is 3.50. The molecule has 0 saturated heterocycles. The molecular formula is C21H27NO2. The normalized spacial score (nSPS) is 20.9. The van der Waals surface area contributed by atoms with Gasteiger partial charge in [0, 0.05) is 5.56 Å². The summed E-state index contributed by atoms with van der Waals surface area (Å²) in [6.07, 6.45) is 8.29. The van der Waals surface area contributed by atoms with Crippen molar-refractivity contribution in [3.63, 3.8) is 0 Å². The van der Waals surface area contributed by atoms with Crippen molar-refractivity contribution < 1.29 is 9.15 Å². The number of aryl methyl sites for hydroxylation is 2. The average molecular weight is 325 g/mol. The van der Waals surface area contributed by atoms with Crippen LogP contribution in [0, 0.1) is 19.8 Å². The third-order valence-electron chi connectivity index (χ3n) is 4.85. The van der Waals surface area contributed by atoms with Crippen molar-refractivity contribution in [2.75, 3.05) is 0 Å². The van der Waals surface area contributed by atoms with Crippen LogP contribution in [0.25, 0.3) is 11.5 Å². The van der Waals surface area contributed by atoms with Crippen LogP contribution < -0.4 is 0 Å². The molecule has 1 saturated carbocycles. The van der Waals surface area contributed by atoms with E-state index in [0.29, 0.717) is 18.6 Å². The second-order valence-electron chi connectivity index (χ2n) is 6.88. The summed E-state index contributed by atoms with van der Waals surface area (Å²) >= 11 is 0. The highest BCUT2D eigenvalue weighted by molar-refractivity contribution is 5.54. The number of hydrogen-bond acceptors (Lipinski definition) is 3. The molecule has 1 aliphatic rings. The summed E-state index contributed by atoms with van der Waals surface area (Å²) in [4.78, 5) is 4.65. The van der Waals surface area contributed by atoms with Gasteiger partial charge in [-0.05, 0) is 57.6 Å². The highest BCUT2D eigenvalue weighted by Crippen LogP contribution is 2.30. The van der Waals surface area contributed by atoms with E-state index in [1.807, 2.05) is 25.1 Å². The molecule has 0 bridgehead atoms. The van der Waals surface area contributed by atoms with Gasteiger partial charge in [0.2, 0.25) is 5.89 Å². The highest BCUT2D eigenvalue weighted by atomic mass is 16.5. The van der Waals surface area contributed by atoms with E-state index in [9.17, 15) is 0 Å². The minimum Gasteiger partial charge on any atom is -0.441 e. The van der Waals surface area contributed by atoms with Crippen LogP contribution in [0.5, 0.6) is 0 Å². The van der Waals surface area contributed by atoms with Crippen molar-refractivity contribution in [2.24, 2.45) is 5.92 Å². The molecule has 2 unspecified atom stereocenters. The van der Waals surface area contributed by atoms with Gasteiger partial charge in [-0.1, -0.05) is 30.2 Å². The topological polar surface area (TPSA) is 35.3 Å². The quantitative estimate of drug-likeness (QED) is 0.647. The van der Waals surface area contributed by atoms with Crippen LogP contribution in [0.3, 0.4) is 0 Å². The molecule has 3 rings (SSSR count). The number of nitrogens with zero attached hydrogens (tertiary/aromatic N) is 1. The lowest BCUT2D eigenvalue weighted by Gasteiger charge is -2.28. The summed E-state index contributed by atoms with van der Waals surface area (Å²) in [5.41, 5.74) is 3.14. The lowest BCUT2D eigenvalue weighted by atomic mass is 9.85. The molecular weight excluding hydrogens is 298 g/mol. The summed E-state index contributed by atoms with van der Waals surface area (Å²) in [5.74, 6) is 2.26. The van der Waals surface area contributed by atoms with Gasteiger partial charge in [-0.2, -0.15) is 0 Å². The molecule has 1 aliphatic carbocycles. The van der Waals surface area contributed by atoms with Crippen LogP contribution in [-0.4, -0.2) is 11.1 Å². The van der Waals surface area contributed by atoms with Gasteiger partial charge < -0.3 is 9.15 Å². The van der Waals surface area contributed by atoms with Crippen molar-refractivity contribution in [3.8, 4) is 11.5 Å². The standard InChI is InChI=1S/C21H27NO2/c1-4-7-17-9-6-11-19(13-17)23-14-20-16(3)24-21(22-20)18-10-5-8-15(2)12-18/h4-5,8,10,12,17,19H,1,6-7,9,11,13-14H2,2-3H3. The summed E-state index contributed by atoms with van der Waals surface area (Å²) in [7, 11) is 0. The average Bonchev–Trinajstić information content (AvgIpc) is 2.95. The molecule has 0 amide bonds. The van der Waals surface area contributed by atoms with E-state index in [0.717, 1.165) is 42.2 Å². The molecule has 1 aromatic carbocycles. The Bertz CT molecular complexity index is 689. The summed E-state index contributed by atoms with van der Waals surface area (Å²) < 4.78 is 12.0. The third-order valence-corrected chi connectivity index (χ3v) is 4.85. The van der Waals surface area contributed by atoms with Gasteiger partial charge >= 0.3 is 0 Å². The van der Waals surface area contributed by atoms with Crippen molar-refractivity contribution in [1.82, 2.24) is 4.98 Å². The first-order valence-corrected chi connectivity index (χ1v) is 8.91. The van der Waals surface area contributed by atoms with Crippen LogP contribution in [-0.2, 0) is 11.3 Å². The summed E-state index contributed by atoms with van der Waals surface area (Å²) in [6, 6.07) is 8.23. The molecule has 1 fully saturated rings. The van der Waals surface area contributed by atoms with E-state index in [-0.39, 0.29) is 0 Å². The predicted octanol–water partition coefficient (Wildman–Crippen LogP) is 5.61. The van der Waals surface area contributed by atoms with Crippen LogP contribution in [0.2, 0.25) is 0 Å². The Labute approximate surface area is 144 Å². The van der Waals surface area contributed by atoms with E-state index >= 15 is 0 Å². The Kier molecular flexibility index (Phi) is 5.52. The van der Waals surface area contributed by atoms with Gasteiger partial charge in [-0.25, -0.2) is 4.98 Å². The number of aromatic nitrogens is 1. The van der Waals surface area contributed by atoms with E-state index in [2.05, 4.69) is 30.6 Å². The number of oxazole rings is 1. The fourth-order valence-electron chi connectivity index (χ4n) is 3.50. The first-order valence-electron chi connectivity index (χ1n) is 8.91. The number of hydrogen-bond donors (Lipinski definition) is 0. The number of allylic oxidation sites excluding steroid dienone is 1. The zero-order valence-electron chi connectivity index (χ0n) is 14.8. The maximum absolute atomic E-state index is 6.14. The van der Waals surface area contributed by atoms with Gasteiger partial charge in [0.25, 0.3) is 0 Å². The second-order valence-corrected chi connectivity index (χ2v) is 6.88. The molecule has 1 heterocycles. The second kappa shape index (κ2) is 7.80. The lowest BCUT2D eigenvalue weighted by molar-refractivity contribution is 0.000944. The van der Waals surface area contributed by atoms with Crippen LogP contribution in [0.15, 0.2) is 41.3 Å². The van der Waals surface area contributed by atoms with Crippen molar-refractivity contribution in [2.45, 2.75) is 58.7 Å². The predicted molar refractivity (Wildman–Crippen MR) is 96.8 cm³/mol. The Balaban J connectivity index is 1.62. The molecule has 128 valence electrons. The Morgan fingerprint density at radius 1 is 1.33 bits per heavy atom. The zero-order valence-corrected chi connectivity index (χ0v) is 14.8. The molecule has 2 atom stereocenters. The molecule has 2 aromatic rings. The molecule has 24 heavy (non-hydrogen) atoms. The van der Waals surface area contributed by atoms with Gasteiger partial charge in [-0.15, -0.1) is 6.58 Å². The number of rotatable bonds is 6. The largest absolute Gasteiger partial charge is 0.441 e. The Hall–Kier alpha value is -1.87. The van der Waals surface area contributed by atoms with E-state index in [1.54, 1.807) is 0 Å². The number of ether oxygens (including phenoxy) is 1. The molecule has 0 radical (unpaired) electrons. The molecule has 3 nitrogen and oxygen atoms in total. The lowest BCUT2D eigenvalue weighted by Crippen LogP contribution is -2.22. The molecule has 0 aliphatic heterocycles. The maximum Gasteiger partial charge on any atom is 0.226 e. The van der Waals surface area contributed by atoms with Crippen molar-refractivity contribution in [3.05, 3.63) is 53.9 Å². The fraction of sp³-hybridized carbons (Fsp3) is 0.476. The highest BCUT2D eigenvalue weighted by Gasteiger charge is 2.22. The minimum absolute atomic E-state index is 0.335. The van der Waals surface area contributed by atoms with Crippen LogP contribution >= 0.6 is 0 Å².